The number of hydrogen-bond acceptors (Lipinski definition) is 4. The minimum atomic E-state index is -0.349. The van der Waals surface area contributed by atoms with E-state index in [1.54, 1.807) is 18.5 Å². The van der Waals surface area contributed by atoms with Gasteiger partial charge in [0.05, 0.1) is 6.54 Å². The number of nitrogens with zero attached hydrogens (tertiary/aromatic N) is 1. The fourth-order valence-corrected chi connectivity index (χ4v) is 4.36. The Morgan fingerprint density at radius 3 is 2.83 bits per heavy atom. The van der Waals surface area contributed by atoms with E-state index in [0.29, 0.717) is 6.54 Å². The maximum absolute atomic E-state index is 12.7. The SMILES string of the molecule is O=C(NCC1Cc2cccc(-c3ccncc3)c2O1)c1cc2c([nH]c1=O)CCCC2. The highest BCUT2D eigenvalue weighted by Crippen LogP contribution is 2.38. The van der Waals surface area contributed by atoms with E-state index in [4.69, 9.17) is 4.74 Å². The molecule has 5 rings (SSSR count). The Labute approximate surface area is 174 Å². The molecule has 2 N–H and O–H groups in total. The summed E-state index contributed by atoms with van der Waals surface area (Å²) in [6, 6.07) is 11.8. The van der Waals surface area contributed by atoms with Crippen molar-refractivity contribution in [3.63, 3.8) is 0 Å². The number of carbonyl (C=O) groups excluding carboxylic acids is 1. The van der Waals surface area contributed by atoms with E-state index in [9.17, 15) is 9.59 Å². The number of pyridine rings is 2. The number of para-hydroxylation sites is 1. The second-order valence-electron chi connectivity index (χ2n) is 7.91. The van der Waals surface area contributed by atoms with Crippen molar-refractivity contribution in [2.45, 2.75) is 38.2 Å². The van der Waals surface area contributed by atoms with E-state index in [0.717, 1.165) is 65.8 Å². The predicted molar refractivity (Wildman–Crippen MR) is 114 cm³/mol. The third kappa shape index (κ3) is 3.49. The molecule has 0 saturated heterocycles. The number of hydrogen-bond donors (Lipinski definition) is 2. The van der Waals surface area contributed by atoms with E-state index in [1.165, 1.54) is 0 Å². The fraction of sp³-hybridized carbons (Fsp3) is 0.292. The Balaban J connectivity index is 1.29. The first kappa shape index (κ1) is 18.6. The summed E-state index contributed by atoms with van der Waals surface area (Å²) in [6.45, 7) is 0.347. The van der Waals surface area contributed by atoms with Crippen LogP contribution < -0.4 is 15.6 Å². The largest absolute Gasteiger partial charge is 0.487 e. The zero-order valence-corrected chi connectivity index (χ0v) is 16.6. The van der Waals surface area contributed by atoms with Crippen LogP contribution in [-0.4, -0.2) is 28.5 Å². The first-order valence-electron chi connectivity index (χ1n) is 10.4. The van der Waals surface area contributed by atoms with Gasteiger partial charge in [-0.1, -0.05) is 18.2 Å². The predicted octanol–water partition coefficient (Wildman–Crippen LogP) is 3.05. The molecule has 2 aliphatic rings. The zero-order chi connectivity index (χ0) is 20.5. The van der Waals surface area contributed by atoms with Gasteiger partial charge in [0.15, 0.2) is 0 Å². The summed E-state index contributed by atoms with van der Waals surface area (Å²) in [5.41, 5.74) is 5.11. The van der Waals surface area contributed by atoms with Crippen LogP contribution in [0.3, 0.4) is 0 Å². The lowest BCUT2D eigenvalue weighted by Gasteiger charge is -2.16. The van der Waals surface area contributed by atoms with Crippen molar-refractivity contribution in [3.8, 4) is 16.9 Å². The molecule has 1 amide bonds. The summed E-state index contributed by atoms with van der Waals surface area (Å²) in [7, 11) is 0. The number of nitrogens with one attached hydrogen (secondary N) is 2. The van der Waals surface area contributed by atoms with Crippen LogP contribution >= 0.6 is 0 Å². The number of aromatic nitrogens is 2. The van der Waals surface area contributed by atoms with Crippen molar-refractivity contribution in [2.75, 3.05) is 6.54 Å². The number of aromatic amines is 1. The Hall–Kier alpha value is -3.41. The molecule has 0 saturated carbocycles. The van der Waals surface area contributed by atoms with Gasteiger partial charge in [-0.2, -0.15) is 0 Å². The summed E-state index contributed by atoms with van der Waals surface area (Å²) in [5, 5.41) is 2.89. The smallest absolute Gasteiger partial charge is 0.261 e. The summed E-state index contributed by atoms with van der Waals surface area (Å²) in [4.78, 5) is 32.0. The monoisotopic (exact) mass is 401 g/mol. The van der Waals surface area contributed by atoms with Crippen molar-refractivity contribution in [2.24, 2.45) is 0 Å². The van der Waals surface area contributed by atoms with Gasteiger partial charge in [0.1, 0.15) is 17.4 Å². The molecule has 6 nitrogen and oxygen atoms in total. The number of fused-ring (bicyclic) bond motifs is 2. The van der Waals surface area contributed by atoms with Crippen LogP contribution in [-0.2, 0) is 19.3 Å². The first-order chi connectivity index (χ1) is 14.7. The molecular weight excluding hydrogens is 378 g/mol. The molecule has 2 aromatic heterocycles. The molecule has 3 heterocycles. The van der Waals surface area contributed by atoms with Crippen LogP contribution in [0.15, 0.2) is 53.6 Å². The summed E-state index contributed by atoms with van der Waals surface area (Å²) in [6.07, 6.45) is 8.03. The third-order valence-electron chi connectivity index (χ3n) is 5.89. The van der Waals surface area contributed by atoms with Gasteiger partial charge < -0.3 is 15.0 Å². The van der Waals surface area contributed by atoms with Gasteiger partial charge in [0.25, 0.3) is 11.5 Å². The van der Waals surface area contributed by atoms with Crippen molar-refractivity contribution in [1.82, 2.24) is 15.3 Å². The van der Waals surface area contributed by atoms with Gasteiger partial charge in [-0.05, 0) is 60.6 Å². The number of amides is 1. The molecule has 152 valence electrons. The van der Waals surface area contributed by atoms with Crippen LogP contribution in [0.5, 0.6) is 5.75 Å². The van der Waals surface area contributed by atoms with E-state index >= 15 is 0 Å². The summed E-state index contributed by atoms with van der Waals surface area (Å²) < 4.78 is 6.18. The lowest BCUT2D eigenvalue weighted by molar-refractivity contribution is 0.0932. The van der Waals surface area contributed by atoms with Gasteiger partial charge in [0, 0.05) is 30.1 Å². The van der Waals surface area contributed by atoms with Crippen LogP contribution in [0.2, 0.25) is 0 Å². The van der Waals surface area contributed by atoms with Gasteiger partial charge in [-0.25, -0.2) is 0 Å². The Kier molecular flexibility index (Phi) is 4.83. The van der Waals surface area contributed by atoms with Crippen molar-refractivity contribution >= 4 is 5.91 Å². The van der Waals surface area contributed by atoms with Gasteiger partial charge >= 0.3 is 0 Å². The minimum absolute atomic E-state index is 0.163. The minimum Gasteiger partial charge on any atom is -0.487 e. The molecule has 0 bridgehead atoms. The Morgan fingerprint density at radius 1 is 1.13 bits per heavy atom. The maximum atomic E-state index is 12.7. The van der Waals surface area contributed by atoms with Crippen LogP contribution in [0.25, 0.3) is 11.1 Å². The second-order valence-corrected chi connectivity index (χ2v) is 7.91. The molecule has 1 aliphatic heterocycles. The highest BCUT2D eigenvalue weighted by atomic mass is 16.5. The van der Waals surface area contributed by atoms with Gasteiger partial charge in [-0.3, -0.25) is 14.6 Å². The number of carbonyl (C=O) groups is 1. The molecule has 3 aromatic rings. The fourth-order valence-electron chi connectivity index (χ4n) is 4.36. The molecule has 1 unspecified atom stereocenters. The van der Waals surface area contributed by atoms with Gasteiger partial charge in [-0.15, -0.1) is 0 Å². The topological polar surface area (TPSA) is 84.1 Å². The molecule has 0 spiro atoms. The molecule has 6 heteroatoms. The summed E-state index contributed by atoms with van der Waals surface area (Å²) >= 11 is 0. The molecule has 30 heavy (non-hydrogen) atoms. The number of benzene rings is 1. The third-order valence-corrected chi connectivity index (χ3v) is 5.89. The Bertz CT molecular complexity index is 1150. The lowest BCUT2D eigenvalue weighted by Crippen LogP contribution is -2.37. The van der Waals surface area contributed by atoms with Crippen molar-refractivity contribution in [3.05, 3.63) is 81.5 Å². The zero-order valence-electron chi connectivity index (χ0n) is 16.6. The molecule has 1 aromatic carbocycles. The average molecular weight is 401 g/mol. The number of rotatable bonds is 4. The molecular formula is C24H23N3O3. The normalized spacial score (nSPS) is 17.0. The standard InChI is InChI=1S/C24H23N3O3/c28-23(20-13-16-4-1-2-7-21(16)27-24(20)29)26-14-18-12-17-5-3-6-19(22(17)30-18)15-8-10-25-11-9-15/h3,5-6,8-11,13,18H,1-2,4,7,12,14H2,(H,26,28)(H,27,29). The van der Waals surface area contributed by atoms with Crippen LogP contribution in [0.4, 0.5) is 0 Å². The van der Waals surface area contributed by atoms with Crippen LogP contribution in [0.1, 0.15) is 40.0 Å². The average Bonchev–Trinajstić information content (AvgIpc) is 3.21. The quantitative estimate of drug-likeness (QED) is 0.704. The van der Waals surface area contributed by atoms with Gasteiger partial charge in [0.2, 0.25) is 0 Å². The first-order valence-corrected chi connectivity index (χ1v) is 10.4. The highest BCUT2D eigenvalue weighted by Gasteiger charge is 2.26. The second kappa shape index (κ2) is 7.78. The Morgan fingerprint density at radius 2 is 1.97 bits per heavy atom. The maximum Gasteiger partial charge on any atom is 0.261 e. The van der Waals surface area contributed by atoms with Crippen molar-refractivity contribution < 1.29 is 9.53 Å². The van der Waals surface area contributed by atoms with Crippen molar-refractivity contribution in [1.29, 1.82) is 0 Å². The van der Waals surface area contributed by atoms with E-state index in [1.807, 2.05) is 24.3 Å². The number of H-pyrrole nitrogens is 1. The highest BCUT2D eigenvalue weighted by molar-refractivity contribution is 5.94. The summed E-state index contributed by atoms with van der Waals surface area (Å²) in [5.74, 6) is 0.508. The van der Waals surface area contributed by atoms with E-state index in [-0.39, 0.29) is 23.1 Å². The number of ether oxygens (including phenoxy) is 1. The number of aryl methyl sites for hydroxylation is 2. The van der Waals surface area contributed by atoms with Crippen LogP contribution in [0, 0.1) is 0 Å². The molecule has 1 aliphatic carbocycles. The molecule has 1 atom stereocenters. The molecule has 0 radical (unpaired) electrons. The lowest BCUT2D eigenvalue weighted by atomic mass is 9.95. The van der Waals surface area contributed by atoms with E-state index < -0.39 is 0 Å². The molecule has 0 fully saturated rings. The van der Waals surface area contributed by atoms with E-state index in [2.05, 4.69) is 21.4 Å².